The Morgan fingerprint density at radius 1 is 1.82 bits per heavy atom. The van der Waals surface area contributed by atoms with Gasteiger partial charge in [0.25, 0.3) is 0 Å². The topological polar surface area (TPSA) is 50.2 Å². The minimum Gasteiger partial charge on any atom is -0.477 e. The fraction of sp³-hybridized carbons (Fsp3) is 0.333. The summed E-state index contributed by atoms with van der Waals surface area (Å²) in [6.45, 7) is 1.89. The molecule has 0 aliphatic carbocycles. The second kappa shape index (κ2) is 4.31. The van der Waals surface area contributed by atoms with Crippen LogP contribution >= 0.6 is 23.7 Å². The third-order valence-corrected chi connectivity index (χ3v) is 2.03. The monoisotopic (exact) mass is 193 g/mol. The quantitative estimate of drug-likeness (QED) is 0.780. The lowest BCUT2D eigenvalue weighted by Gasteiger charge is -1.89. The van der Waals surface area contributed by atoms with Crippen molar-refractivity contribution in [3.63, 3.8) is 0 Å². The molecule has 11 heavy (non-hydrogen) atoms. The lowest BCUT2D eigenvalue weighted by molar-refractivity contribution is 0.0701. The lowest BCUT2D eigenvalue weighted by atomic mass is 10.3. The molecule has 0 aliphatic heterocycles. The Morgan fingerprint density at radius 3 is 2.82 bits per heavy atom. The summed E-state index contributed by atoms with van der Waals surface area (Å²) in [5, 5.41) is 8.56. The summed E-state index contributed by atoms with van der Waals surface area (Å²) < 4.78 is 0. The number of rotatable bonds is 2. The van der Waals surface area contributed by atoms with E-state index >= 15 is 0 Å². The number of hydrogen-bond donors (Lipinski definition) is 1. The minimum absolute atomic E-state index is 0. The van der Waals surface area contributed by atoms with Gasteiger partial charge in [-0.05, 0) is 6.42 Å². The molecule has 0 spiro atoms. The number of aromatic nitrogens is 1. The van der Waals surface area contributed by atoms with Crippen LogP contribution in [0, 0.1) is 0 Å². The van der Waals surface area contributed by atoms with Crippen molar-refractivity contribution in [1.82, 2.24) is 4.98 Å². The van der Waals surface area contributed by atoms with E-state index in [1.165, 1.54) is 11.3 Å². The van der Waals surface area contributed by atoms with Crippen molar-refractivity contribution in [3.05, 3.63) is 16.1 Å². The van der Waals surface area contributed by atoms with Gasteiger partial charge in [-0.1, -0.05) is 6.92 Å². The standard InChI is InChI=1S/C6H7NO2S.ClH/c1-2-4-5(6(8)9)10-3-7-4;/h3H,2H2,1H3,(H,8,9);1H. The van der Waals surface area contributed by atoms with E-state index in [0.717, 1.165) is 0 Å². The zero-order chi connectivity index (χ0) is 7.56. The van der Waals surface area contributed by atoms with Crippen LogP contribution in [-0.4, -0.2) is 16.1 Å². The number of aryl methyl sites for hydroxylation is 1. The van der Waals surface area contributed by atoms with Crippen molar-refractivity contribution in [1.29, 1.82) is 0 Å². The van der Waals surface area contributed by atoms with E-state index in [2.05, 4.69) is 4.98 Å². The van der Waals surface area contributed by atoms with E-state index in [0.29, 0.717) is 17.0 Å². The predicted molar refractivity (Wildman–Crippen MR) is 45.7 cm³/mol. The van der Waals surface area contributed by atoms with Crippen molar-refractivity contribution in [2.24, 2.45) is 0 Å². The Labute approximate surface area is 74.5 Å². The molecule has 0 aliphatic rings. The molecule has 0 atom stereocenters. The van der Waals surface area contributed by atoms with Crippen molar-refractivity contribution in [3.8, 4) is 0 Å². The van der Waals surface area contributed by atoms with Crippen LogP contribution in [0.4, 0.5) is 0 Å². The van der Waals surface area contributed by atoms with Gasteiger partial charge >= 0.3 is 5.97 Å². The second-order valence-electron chi connectivity index (χ2n) is 1.79. The Hall–Kier alpha value is -0.610. The maximum atomic E-state index is 10.4. The van der Waals surface area contributed by atoms with Crippen molar-refractivity contribution in [2.45, 2.75) is 13.3 Å². The molecule has 0 unspecified atom stereocenters. The highest BCUT2D eigenvalue weighted by Crippen LogP contribution is 2.12. The molecule has 1 N–H and O–H groups in total. The number of carboxylic acid groups (broad SMARTS) is 1. The fourth-order valence-corrected chi connectivity index (χ4v) is 1.41. The van der Waals surface area contributed by atoms with Crippen molar-refractivity contribution >= 4 is 29.7 Å². The average molecular weight is 194 g/mol. The molecule has 3 nitrogen and oxygen atoms in total. The van der Waals surface area contributed by atoms with Crippen LogP contribution in [0.2, 0.25) is 0 Å². The molecular weight excluding hydrogens is 186 g/mol. The van der Waals surface area contributed by atoms with Gasteiger partial charge in [-0.15, -0.1) is 23.7 Å². The highest BCUT2D eigenvalue weighted by Gasteiger charge is 2.10. The molecule has 5 heteroatoms. The summed E-state index contributed by atoms with van der Waals surface area (Å²) in [5.74, 6) is -0.876. The molecule has 0 amide bonds. The normalized spacial score (nSPS) is 8.82. The maximum absolute atomic E-state index is 10.4. The minimum atomic E-state index is -0.876. The van der Waals surface area contributed by atoms with Gasteiger partial charge in [-0.2, -0.15) is 0 Å². The Morgan fingerprint density at radius 2 is 2.45 bits per heavy atom. The first kappa shape index (κ1) is 10.4. The Kier molecular flexibility index (Phi) is 4.07. The SMILES string of the molecule is CCc1ncsc1C(=O)O.Cl. The molecule has 0 saturated heterocycles. The van der Waals surface area contributed by atoms with E-state index in [1.54, 1.807) is 5.51 Å². The van der Waals surface area contributed by atoms with Crippen LogP contribution in [-0.2, 0) is 6.42 Å². The molecule has 1 rings (SSSR count). The summed E-state index contributed by atoms with van der Waals surface area (Å²) in [4.78, 5) is 14.7. The zero-order valence-corrected chi connectivity index (χ0v) is 7.54. The summed E-state index contributed by atoms with van der Waals surface area (Å²) in [6, 6.07) is 0. The summed E-state index contributed by atoms with van der Waals surface area (Å²) in [6.07, 6.45) is 0.686. The van der Waals surface area contributed by atoms with Gasteiger partial charge in [0, 0.05) is 0 Å². The molecule has 0 fully saturated rings. The van der Waals surface area contributed by atoms with Crippen LogP contribution in [0.1, 0.15) is 22.3 Å². The van der Waals surface area contributed by atoms with Crippen LogP contribution in [0.3, 0.4) is 0 Å². The highest BCUT2D eigenvalue weighted by atomic mass is 35.5. The van der Waals surface area contributed by atoms with Gasteiger partial charge in [-0.25, -0.2) is 9.78 Å². The van der Waals surface area contributed by atoms with Crippen LogP contribution < -0.4 is 0 Å². The zero-order valence-electron chi connectivity index (χ0n) is 5.90. The van der Waals surface area contributed by atoms with E-state index < -0.39 is 5.97 Å². The van der Waals surface area contributed by atoms with Gasteiger partial charge in [0.1, 0.15) is 4.88 Å². The third kappa shape index (κ3) is 2.17. The van der Waals surface area contributed by atoms with Crippen molar-refractivity contribution in [2.75, 3.05) is 0 Å². The number of thiazole rings is 1. The Balaban J connectivity index is 0.000001000. The fourth-order valence-electron chi connectivity index (χ4n) is 0.695. The molecule has 0 radical (unpaired) electrons. The molecule has 0 saturated carbocycles. The second-order valence-corrected chi connectivity index (χ2v) is 2.64. The molecule has 1 aromatic heterocycles. The van der Waals surface area contributed by atoms with Gasteiger partial charge in [0.2, 0.25) is 0 Å². The number of nitrogens with zero attached hydrogens (tertiary/aromatic N) is 1. The van der Waals surface area contributed by atoms with Crippen LogP contribution in [0.5, 0.6) is 0 Å². The lowest BCUT2D eigenvalue weighted by Crippen LogP contribution is -1.96. The largest absolute Gasteiger partial charge is 0.477 e. The maximum Gasteiger partial charge on any atom is 0.347 e. The first-order valence-corrected chi connectivity index (χ1v) is 3.79. The Bertz CT molecular complexity index is 248. The average Bonchev–Trinajstić information content (AvgIpc) is 2.33. The van der Waals surface area contributed by atoms with Gasteiger partial charge in [0.05, 0.1) is 11.2 Å². The molecule has 0 bridgehead atoms. The first-order valence-electron chi connectivity index (χ1n) is 2.91. The first-order chi connectivity index (χ1) is 4.75. The smallest absolute Gasteiger partial charge is 0.347 e. The van der Waals surface area contributed by atoms with E-state index in [-0.39, 0.29) is 12.4 Å². The van der Waals surface area contributed by atoms with E-state index in [9.17, 15) is 4.79 Å². The summed E-state index contributed by atoms with van der Waals surface area (Å²) in [7, 11) is 0. The summed E-state index contributed by atoms with van der Waals surface area (Å²) in [5.41, 5.74) is 2.24. The molecule has 1 heterocycles. The molecule has 1 aromatic rings. The number of hydrogen-bond acceptors (Lipinski definition) is 3. The van der Waals surface area contributed by atoms with Gasteiger partial charge < -0.3 is 5.11 Å². The molecule has 0 aromatic carbocycles. The van der Waals surface area contributed by atoms with Gasteiger partial charge in [0.15, 0.2) is 0 Å². The van der Waals surface area contributed by atoms with E-state index in [1.807, 2.05) is 6.92 Å². The number of halogens is 1. The molecule has 62 valence electrons. The van der Waals surface area contributed by atoms with Crippen molar-refractivity contribution < 1.29 is 9.90 Å². The van der Waals surface area contributed by atoms with Gasteiger partial charge in [-0.3, -0.25) is 0 Å². The predicted octanol–water partition coefficient (Wildman–Crippen LogP) is 1.83. The van der Waals surface area contributed by atoms with Crippen LogP contribution in [0.25, 0.3) is 0 Å². The number of carbonyl (C=O) groups is 1. The number of aromatic carboxylic acids is 1. The van der Waals surface area contributed by atoms with E-state index in [4.69, 9.17) is 5.11 Å². The highest BCUT2D eigenvalue weighted by molar-refractivity contribution is 7.11. The molecular formula is C6H8ClNO2S. The number of carboxylic acids is 1. The third-order valence-electron chi connectivity index (χ3n) is 1.17. The van der Waals surface area contributed by atoms with Crippen LogP contribution in [0.15, 0.2) is 5.51 Å². The summed E-state index contributed by atoms with van der Waals surface area (Å²) >= 11 is 1.17.